The smallest absolute Gasteiger partial charge is 0.0931 e. The number of aliphatic hydroxyl groups is 1. The Bertz CT molecular complexity index is 352. The quantitative estimate of drug-likeness (QED) is 0.837. The highest BCUT2D eigenvalue weighted by Gasteiger charge is 2.22. The van der Waals surface area contributed by atoms with Crippen LogP contribution in [0.25, 0.3) is 0 Å². The first-order chi connectivity index (χ1) is 7.80. The lowest BCUT2D eigenvalue weighted by Gasteiger charge is -2.28. The van der Waals surface area contributed by atoms with E-state index in [1.54, 1.807) is 11.3 Å². The molecule has 1 heterocycles. The summed E-state index contributed by atoms with van der Waals surface area (Å²) in [7, 11) is 3.91. The van der Waals surface area contributed by atoms with Gasteiger partial charge in [-0.15, -0.1) is 11.3 Å². The third-order valence-electron chi connectivity index (χ3n) is 2.47. The first-order valence-corrected chi connectivity index (χ1v) is 6.85. The Morgan fingerprint density at radius 3 is 2.65 bits per heavy atom. The van der Waals surface area contributed by atoms with Crippen molar-refractivity contribution in [3.8, 4) is 0 Å². The molecule has 0 saturated heterocycles. The Kier molecular flexibility index (Phi) is 5.41. The first-order valence-electron chi connectivity index (χ1n) is 5.66. The van der Waals surface area contributed by atoms with Crippen LogP contribution in [0.5, 0.6) is 0 Å². The normalized spacial score (nSPS) is 17.1. The highest BCUT2D eigenvalue weighted by Crippen LogP contribution is 2.26. The average molecular weight is 277 g/mol. The van der Waals surface area contributed by atoms with E-state index in [1.165, 1.54) is 4.88 Å². The van der Waals surface area contributed by atoms with Gasteiger partial charge in [0.2, 0.25) is 0 Å². The maximum atomic E-state index is 10.2. The summed E-state index contributed by atoms with van der Waals surface area (Å²) in [6.07, 6.45) is 0. The van der Waals surface area contributed by atoms with Crippen molar-refractivity contribution in [2.24, 2.45) is 0 Å². The van der Waals surface area contributed by atoms with Gasteiger partial charge in [0.05, 0.1) is 9.94 Å². The largest absolute Gasteiger partial charge is 0.388 e. The van der Waals surface area contributed by atoms with Gasteiger partial charge in [-0.2, -0.15) is 0 Å². The minimum absolute atomic E-state index is 0.209. The van der Waals surface area contributed by atoms with Gasteiger partial charge < -0.3 is 15.3 Å². The number of rotatable bonds is 6. The minimum Gasteiger partial charge on any atom is -0.388 e. The molecule has 0 radical (unpaired) electrons. The van der Waals surface area contributed by atoms with Gasteiger partial charge in [0.15, 0.2) is 0 Å². The van der Waals surface area contributed by atoms with E-state index in [2.05, 4.69) is 12.2 Å². The molecule has 1 aromatic rings. The standard InChI is InChI=1S/C12H21ClN2OS/c1-9(10-5-6-11(13)17-10)14-7-12(2,16)8-15(3)4/h5-6,9,14,16H,7-8H2,1-4H3. The van der Waals surface area contributed by atoms with Gasteiger partial charge in [0.25, 0.3) is 0 Å². The topological polar surface area (TPSA) is 35.5 Å². The molecule has 0 spiro atoms. The van der Waals surface area contributed by atoms with Gasteiger partial charge in [-0.1, -0.05) is 11.6 Å². The molecule has 1 rings (SSSR count). The van der Waals surface area contributed by atoms with Gasteiger partial charge >= 0.3 is 0 Å². The maximum Gasteiger partial charge on any atom is 0.0931 e. The van der Waals surface area contributed by atoms with Crippen LogP contribution in [0.2, 0.25) is 4.34 Å². The Hall–Kier alpha value is -0.130. The van der Waals surface area contributed by atoms with Gasteiger partial charge in [-0.3, -0.25) is 0 Å². The summed E-state index contributed by atoms with van der Waals surface area (Å²) in [6.45, 7) is 5.11. The molecular formula is C12H21ClN2OS. The van der Waals surface area contributed by atoms with Crippen molar-refractivity contribution in [3.63, 3.8) is 0 Å². The van der Waals surface area contributed by atoms with Crippen molar-refractivity contribution < 1.29 is 5.11 Å². The zero-order valence-corrected chi connectivity index (χ0v) is 12.4. The molecule has 5 heteroatoms. The van der Waals surface area contributed by atoms with Crippen molar-refractivity contribution in [1.82, 2.24) is 10.2 Å². The molecule has 0 aliphatic rings. The van der Waals surface area contributed by atoms with Crippen molar-refractivity contribution >= 4 is 22.9 Å². The van der Waals surface area contributed by atoms with Crippen LogP contribution in [-0.2, 0) is 0 Å². The fourth-order valence-corrected chi connectivity index (χ4v) is 2.86. The molecule has 2 unspecified atom stereocenters. The summed E-state index contributed by atoms with van der Waals surface area (Å²) >= 11 is 7.47. The zero-order valence-electron chi connectivity index (χ0n) is 10.8. The molecule has 17 heavy (non-hydrogen) atoms. The molecular weight excluding hydrogens is 256 g/mol. The molecule has 0 bridgehead atoms. The van der Waals surface area contributed by atoms with Crippen LogP contribution in [0.3, 0.4) is 0 Å². The Morgan fingerprint density at radius 2 is 2.18 bits per heavy atom. The summed E-state index contributed by atoms with van der Waals surface area (Å²) in [5.74, 6) is 0. The maximum absolute atomic E-state index is 10.2. The lowest BCUT2D eigenvalue weighted by Crippen LogP contribution is -2.46. The second-order valence-electron chi connectivity index (χ2n) is 4.98. The molecule has 1 aromatic heterocycles. The summed E-state index contributed by atoms with van der Waals surface area (Å²) < 4.78 is 0.800. The molecule has 0 aliphatic heterocycles. The SMILES string of the molecule is CC(NCC(C)(O)CN(C)C)c1ccc(Cl)s1. The monoisotopic (exact) mass is 276 g/mol. The summed E-state index contributed by atoms with van der Waals surface area (Å²) in [6, 6.07) is 4.13. The number of nitrogens with zero attached hydrogens (tertiary/aromatic N) is 1. The van der Waals surface area contributed by atoms with Gasteiger partial charge in [-0.05, 0) is 40.1 Å². The molecule has 0 amide bonds. The van der Waals surface area contributed by atoms with Gasteiger partial charge in [0, 0.05) is 24.0 Å². The lowest BCUT2D eigenvalue weighted by molar-refractivity contribution is 0.0318. The molecule has 0 aliphatic carbocycles. The van der Waals surface area contributed by atoms with E-state index >= 15 is 0 Å². The van der Waals surface area contributed by atoms with E-state index in [-0.39, 0.29) is 6.04 Å². The highest BCUT2D eigenvalue weighted by atomic mass is 35.5. The van der Waals surface area contributed by atoms with Crippen LogP contribution < -0.4 is 5.32 Å². The van der Waals surface area contributed by atoms with Crippen molar-refractivity contribution in [1.29, 1.82) is 0 Å². The number of hydrogen-bond donors (Lipinski definition) is 2. The highest BCUT2D eigenvalue weighted by molar-refractivity contribution is 7.16. The summed E-state index contributed by atoms with van der Waals surface area (Å²) in [5, 5.41) is 13.5. The van der Waals surface area contributed by atoms with E-state index in [9.17, 15) is 5.11 Å². The predicted molar refractivity (Wildman–Crippen MR) is 74.9 cm³/mol. The number of hydrogen-bond acceptors (Lipinski definition) is 4. The average Bonchev–Trinajstić information content (AvgIpc) is 2.59. The second kappa shape index (κ2) is 6.16. The minimum atomic E-state index is -0.723. The van der Waals surface area contributed by atoms with Crippen LogP contribution in [0.15, 0.2) is 12.1 Å². The number of thiophene rings is 1. The van der Waals surface area contributed by atoms with Crippen LogP contribution in [0.1, 0.15) is 24.8 Å². The van der Waals surface area contributed by atoms with Crippen LogP contribution >= 0.6 is 22.9 Å². The number of halogens is 1. The Balaban J connectivity index is 2.45. The second-order valence-corrected chi connectivity index (χ2v) is 6.73. The molecule has 0 saturated carbocycles. The summed E-state index contributed by atoms with van der Waals surface area (Å²) in [4.78, 5) is 3.17. The van der Waals surface area contributed by atoms with Crippen LogP contribution in [-0.4, -0.2) is 42.8 Å². The van der Waals surface area contributed by atoms with Crippen LogP contribution in [0.4, 0.5) is 0 Å². The Morgan fingerprint density at radius 1 is 1.53 bits per heavy atom. The first kappa shape index (κ1) is 14.9. The van der Waals surface area contributed by atoms with E-state index in [1.807, 2.05) is 38.1 Å². The van der Waals surface area contributed by atoms with Gasteiger partial charge in [0.1, 0.15) is 0 Å². The van der Waals surface area contributed by atoms with Crippen molar-refractivity contribution in [2.45, 2.75) is 25.5 Å². The van der Waals surface area contributed by atoms with E-state index in [4.69, 9.17) is 11.6 Å². The summed E-state index contributed by atoms with van der Waals surface area (Å²) in [5.41, 5.74) is -0.723. The van der Waals surface area contributed by atoms with Crippen molar-refractivity contribution in [2.75, 3.05) is 27.2 Å². The Labute approximate surface area is 112 Å². The van der Waals surface area contributed by atoms with Crippen LogP contribution in [0, 0.1) is 0 Å². The third kappa shape index (κ3) is 5.36. The molecule has 0 fully saturated rings. The molecule has 2 N–H and O–H groups in total. The molecule has 2 atom stereocenters. The van der Waals surface area contributed by atoms with E-state index in [0.717, 1.165) is 4.34 Å². The van der Waals surface area contributed by atoms with Gasteiger partial charge in [-0.25, -0.2) is 0 Å². The number of likely N-dealkylation sites (N-methyl/N-ethyl adjacent to an activating group) is 1. The zero-order chi connectivity index (χ0) is 13.1. The fourth-order valence-electron chi connectivity index (χ4n) is 1.77. The van der Waals surface area contributed by atoms with E-state index < -0.39 is 5.60 Å². The van der Waals surface area contributed by atoms with E-state index in [0.29, 0.717) is 13.1 Å². The fraction of sp³-hybridized carbons (Fsp3) is 0.667. The third-order valence-corrected chi connectivity index (χ3v) is 3.88. The molecule has 3 nitrogen and oxygen atoms in total. The molecule has 98 valence electrons. The lowest BCUT2D eigenvalue weighted by atomic mass is 10.1. The predicted octanol–water partition coefficient (Wildman–Crippen LogP) is 2.36. The molecule has 0 aromatic carbocycles. The van der Waals surface area contributed by atoms with Crippen molar-refractivity contribution in [3.05, 3.63) is 21.3 Å². The number of nitrogens with one attached hydrogen (secondary N) is 1.